The van der Waals surface area contributed by atoms with Gasteiger partial charge >= 0.3 is 0 Å². The molecule has 114 valence electrons. The van der Waals surface area contributed by atoms with Gasteiger partial charge in [0, 0.05) is 20.2 Å². The van der Waals surface area contributed by atoms with Crippen LogP contribution in [0.2, 0.25) is 0 Å². The summed E-state index contributed by atoms with van der Waals surface area (Å²) in [5.74, 6) is 0. The molecule has 0 aliphatic heterocycles. The highest BCUT2D eigenvalue weighted by molar-refractivity contribution is 7.89. The molecule has 0 saturated heterocycles. The van der Waals surface area contributed by atoms with E-state index in [2.05, 4.69) is 0 Å². The van der Waals surface area contributed by atoms with Crippen molar-refractivity contribution in [3.05, 3.63) is 29.8 Å². The third-order valence-electron chi connectivity index (χ3n) is 3.06. The second kappa shape index (κ2) is 8.36. The zero-order chi connectivity index (χ0) is 15.0. The largest absolute Gasteiger partial charge is 0.380 e. The van der Waals surface area contributed by atoms with Crippen molar-refractivity contribution in [2.24, 2.45) is 5.73 Å². The molecule has 0 aromatic heterocycles. The second-order valence-corrected chi connectivity index (χ2v) is 6.60. The van der Waals surface area contributed by atoms with Crippen LogP contribution in [0.4, 0.5) is 0 Å². The van der Waals surface area contributed by atoms with Gasteiger partial charge in [0.1, 0.15) is 0 Å². The summed E-state index contributed by atoms with van der Waals surface area (Å²) in [6, 6.07) is 6.99. The molecule has 0 radical (unpaired) electrons. The number of ether oxygens (including phenoxy) is 1. The average Bonchev–Trinajstić information content (AvgIpc) is 2.45. The second-order valence-electron chi connectivity index (χ2n) is 4.56. The van der Waals surface area contributed by atoms with E-state index >= 15 is 0 Å². The van der Waals surface area contributed by atoms with E-state index in [4.69, 9.17) is 10.5 Å². The van der Waals surface area contributed by atoms with Gasteiger partial charge in [-0.3, -0.25) is 0 Å². The molecule has 0 atom stereocenters. The molecule has 20 heavy (non-hydrogen) atoms. The van der Waals surface area contributed by atoms with Crippen LogP contribution in [-0.2, 0) is 21.2 Å². The topological polar surface area (TPSA) is 72.6 Å². The Hall–Kier alpha value is -0.950. The van der Waals surface area contributed by atoms with Crippen molar-refractivity contribution in [1.82, 2.24) is 4.31 Å². The lowest BCUT2D eigenvalue weighted by Gasteiger charge is -2.17. The lowest BCUT2D eigenvalue weighted by atomic mass is 10.1. The summed E-state index contributed by atoms with van der Waals surface area (Å²) >= 11 is 0. The molecule has 0 aliphatic rings. The first-order valence-electron chi connectivity index (χ1n) is 6.85. The molecule has 5 nitrogen and oxygen atoms in total. The van der Waals surface area contributed by atoms with Gasteiger partial charge in [0.25, 0.3) is 0 Å². The zero-order valence-electron chi connectivity index (χ0n) is 12.2. The van der Waals surface area contributed by atoms with Crippen LogP contribution in [0.1, 0.15) is 18.9 Å². The quantitative estimate of drug-likeness (QED) is 0.696. The van der Waals surface area contributed by atoms with Crippen LogP contribution in [0, 0.1) is 0 Å². The van der Waals surface area contributed by atoms with Gasteiger partial charge in [0.05, 0.1) is 11.5 Å². The van der Waals surface area contributed by atoms with Crippen molar-refractivity contribution in [3.8, 4) is 0 Å². The van der Waals surface area contributed by atoms with Crippen molar-refractivity contribution in [1.29, 1.82) is 0 Å². The molecule has 0 heterocycles. The maximum atomic E-state index is 12.3. The highest BCUT2D eigenvalue weighted by Crippen LogP contribution is 2.15. The number of aryl methyl sites for hydroxylation is 1. The molecule has 1 rings (SSSR count). The van der Waals surface area contributed by atoms with Crippen molar-refractivity contribution in [3.63, 3.8) is 0 Å². The van der Waals surface area contributed by atoms with Crippen LogP contribution in [0.25, 0.3) is 0 Å². The van der Waals surface area contributed by atoms with Crippen LogP contribution in [0.3, 0.4) is 0 Å². The molecular weight excluding hydrogens is 276 g/mol. The van der Waals surface area contributed by atoms with Gasteiger partial charge in [-0.15, -0.1) is 0 Å². The predicted molar refractivity (Wildman–Crippen MR) is 80.1 cm³/mol. The summed E-state index contributed by atoms with van der Waals surface area (Å²) in [7, 11) is -1.86. The normalized spacial score (nSPS) is 12.0. The Labute approximate surface area is 121 Å². The lowest BCUT2D eigenvalue weighted by Crippen LogP contribution is -2.30. The smallest absolute Gasteiger partial charge is 0.242 e. The number of rotatable bonds is 9. The number of hydrogen-bond donors (Lipinski definition) is 1. The van der Waals surface area contributed by atoms with E-state index < -0.39 is 10.0 Å². The minimum absolute atomic E-state index is 0.313. The van der Waals surface area contributed by atoms with E-state index in [1.54, 1.807) is 19.2 Å². The molecule has 2 N–H and O–H groups in total. The molecule has 0 unspecified atom stereocenters. The van der Waals surface area contributed by atoms with Gasteiger partial charge in [0.15, 0.2) is 0 Å². The Bertz CT molecular complexity index is 486. The summed E-state index contributed by atoms with van der Waals surface area (Å²) in [4.78, 5) is 0.313. The number of benzene rings is 1. The highest BCUT2D eigenvalue weighted by atomic mass is 32.2. The third-order valence-corrected chi connectivity index (χ3v) is 4.93. The molecule has 6 heteroatoms. The van der Waals surface area contributed by atoms with Gasteiger partial charge in [0.2, 0.25) is 10.0 Å². The Morgan fingerprint density at radius 3 is 2.45 bits per heavy atom. The van der Waals surface area contributed by atoms with E-state index in [-0.39, 0.29) is 0 Å². The molecule has 0 bridgehead atoms. The third kappa shape index (κ3) is 4.86. The SMILES string of the molecule is CCOCCN(C)S(=O)(=O)c1ccc(CCCN)cc1. The van der Waals surface area contributed by atoms with Crippen LogP contribution in [0.5, 0.6) is 0 Å². The fourth-order valence-corrected chi connectivity index (χ4v) is 2.93. The van der Waals surface area contributed by atoms with E-state index in [0.29, 0.717) is 31.2 Å². The number of sulfonamides is 1. The predicted octanol–water partition coefficient (Wildman–Crippen LogP) is 1.23. The number of nitrogens with two attached hydrogens (primary N) is 1. The van der Waals surface area contributed by atoms with E-state index in [9.17, 15) is 8.42 Å². The fraction of sp³-hybridized carbons (Fsp3) is 0.571. The lowest BCUT2D eigenvalue weighted by molar-refractivity contribution is 0.138. The highest BCUT2D eigenvalue weighted by Gasteiger charge is 2.20. The standard InChI is InChI=1S/C14H24N2O3S/c1-3-19-12-11-16(2)20(17,18)14-8-6-13(7-9-14)5-4-10-15/h6-9H,3-5,10-12,15H2,1-2H3. The maximum absolute atomic E-state index is 12.3. The molecular formula is C14H24N2O3S. The number of nitrogens with zero attached hydrogens (tertiary/aromatic N) is 1. The number of hydrogen-bond acceptors (Lipinski definition) is 4. The first-order chi connectivity index (χ1) is 9.52. The molecule has 1 aromatic rings. The molecule has 0 spiro atoms. The first kappa shape index (κ1) is 17.1. The number of likely N-dealkylation sites (N-methyl/N-ethyl adjacent to an activating group) is 1. The van der Waals surface area contributed by atoms with Gasteiger partial charge in [-0.05, 0) is 44.0 Å². The molecule has 1 aromatic carbocycles. The zero-order valence-corrected chi connectivity index (χ0v) is 13.0. The Kier molecular flexibility index (Phi) is 7.15. The van der Waals surface area contributed by atoms with Crippen molar-refractivity contribution >= 4 is 10.0 Å². The first-order valence-corrected chi connectivity index (χ1v) is 8.29. The van der Waals surface area contributed by atoms with Crippen molar-refractivity contribution in [2.45, 2.75) is 24.7 Å². The van der Waals surface area contributed by atoms with E-state index in [1.807, 2.05) is 19.1 Å². The summed E-state index contributed by atoms with van der Waals surface area (Å²) in [6.07, 6.45) is 1.78. The minimum atomic E-state index is -3.43. The summed E-state index contributed by atoms with van der Waals surface area (Å²) in [6.45, 7) is 3.87. The Morgan fingerprint density at radius 2 is 1.90 bits per heavy atom. The minimum Gasteiger partial charge on any atom is -0.380 e. The van der Waals surface area contributed by atoms with Gasteiger partial charge in [-0.25, -0.2) is 8.42 Å². The van der Waals surface area contributed by atoms with Crippen LogP contribution in [0.15, 0.2) is 29.2 Å². The fourth-order valence-electron chi connectivity index (χ4n) is 1.77. The monoisotopic (exact) mass is 300 g/mol. The van der Waals surface area contributed by atoms with Crippen LogP contribution in [-0.4, -0.2) is 46.1 Å². The summed E-state index contributed by atoms with van der Waals surface area (Å²) < 4.78 is 31.1. The van der Waals surface area contributed by atoms with Crippen LogP contribution < -0.4 is 5.73 Å². The van der Waals surface area contributed by atoms with Crippen LogP contribution >= 0.6 is 0 Å². The van der Waals surface area contributed by atoms with Gasteiger partial charge < -0.3 is 10.5 Å². The molecule has 0 aliphatic carbocycles. The maximum Gasteiger partial charge on any atom is 0.242 e. The van der Waals surface area contributed by atoms with E-state index in [0.717, 1.165) is 18.4 Å². The van der Waals surface area contributed by atoms with E-state index in [1.165, 1.54) is 4.31 Å². The summed E-state index contributed by atoms with van der Waals surface area (Å²) in [5.41, 5.74) is 6.56. The van der Waals surface area contributed by atoms with Crippen molar-refractivity contribution < 1.29 is 13.2 Å². The molecule has 0 amide bonds. The average molecular weight is 300 g/mol. The Balaban J connectivity index is 2.71. The molecule has 0 fully saturated rings. The Morgan fingerprint density at radius 1 is 1.25 bits per heavy atom. The van der Waals surface area contributed by atoms with Gasteiger partial charge in [-0.1, -0.05) is 12.1 Å². The molecule has 0 saturated carbocycles. The van der Waals surface area contributed by atoms with Gasteiger partial charge in [-0.2, -0.15) is 4.31 Å². The van der Waals surface area contributed by atoms with Crippen molar-refractivity contribution in [2.75, 3.05) is 33.4 Å². The summed E-state index contributed by atoms with van der Waals surface area (Å²) in [5, 5.41) is 0.